The highest BCUT2D eigenvalue weighted by atomic mass is 15.2. The van der Waals surface area contributed by atoms with Crippen molar-refractivity contribution in [2.45, 2.75) is 5.92 Å². The third kappa shape index (κ3) is 1.36. The van der Waals surface area contributed by atoms with E-state index in [1.54, 1.807) is 18.3 Å². The van der Waals surface area contributed by atoms with Crippen molar-refractivity contribution in [3.63, 3.8) is 0 Å². The molecule has 0 radical (unpaired) electrons. The second kappa shape index (κ2) is 3.30. The molecule has 4 nitrogen and oxygen atoms in total. The summed E-state index contributed by atoms with van der Waals surface area (Å²) in [5.74, 6) is 0.456. The molecule has 0 amide bonds. The number of benzene rings is 1. The molecule has 1 aliphatic rings. The summed E-state index contributed by atoms with van der Waals surface area (Å²) in [6.07, 6.45) is 1.69. The van der Waals surface area contributed by atoms with Crippen LogP contribution in [0.25, 0.3) is 0 Å². The predicted molar refractivity (Wildman–Crippen MR) is 54.0 cm³/mol. The van der Waals surface area contributed by atoms with Crippen molar-refractivity contribution < 1.29 is 0 Å². The van der Waals surface area contributed by atoms with Crippen molar-refractivity contribution in [2.24, 2.45) is 15.9 Å². The Morgan fingerprint density at radius 1 is 1.29 bits per heavy atom. The molecule has 14 heavy (non-hydrogen) atoms. The van der Waals surface area contributed by atoms with Crippen LogP contribution in [0, 0.1) is 11.3 Å². The van der Waals surface area contributed by atoms with Crippen LogP contribution in [-0.4, -0.2) is 12.1 Å². The Balaban J connectivity index is 2.31. The molecular formula is C10H8N4. The van der Waals surface area contributed by atoms with Crippen molar-refractivity contribution in [3.8, 4) is 6.07 Å². The topological polar surface area (TPSA) is 74.5 Å². The predicted octanol–water partition coefficient (Wildman–Crippen LogP) is 0.998. The number of nitriles is 1. The van der Waals surface area contributed by atoms with Crippen LogP contribution >= 0.6 is 0 Å². The maximum absolute atomic E-state index is 8.62. The first-order valence-corrected chi connectivity index (χ1v) is 4.18. The lowest BCUT2D eigenvalue weighted by molar-refractivity contribution is 1.21. The Kier molecular flexibility index (Phi) is 1.99. The summed E-state index contributed by atoms with van der Waals surface area (Å²) in [4.78, 5) is 0. The monoisotopic (exact) mass is 184 g/mol. The smallest absolute Gasteiger partial charge is 0.135 e. The average molecular weight is 184 g/mol. The molecule has 0 fully saturated rings. The minimum atomic E-state index is -0.0391. The number of rotatable bonds is 1. The molecular weight excluding hydrogens is 176 g/mol. The standard InChI is InChI=1S/C10H8N4/c11-5-7-1-3-8(4-2-7)9-6-13-14-10(9)12/h1-4,6,9H,(H2,12,14)/t9-/m1/s1. The maximum Gasteiger partial charge on any atom is 0.135 e. The van der Waals surface area contributed by atoms with Crippen LogP contribution in [0.2, 0.25) is 0 Å². The molecule has 0 saturated heterocycles. The Bertz CT molecular complexity index is 436. The number of amidine groups is 1. The van der Waals surface area contributed by atoms with E-state index in [4.69, 9.17) is 11.0 Å². The highest BCUT2D eigenvalue weighted by Gasteiger charge is 2.17. The molecule has 0 unspecified atom stereocenters. The highest BCUT2D eigenvalue weighted by molar-refractivity contribution is 6.04. The first-order chi connectivity index (χ1) is 6.81. The van der Waals surface area contributed by atoms with Gasteiger partial charge < -0.3 is 5.73 Å². The van der Waals surface area contributed by atoms with Gasteiger partial charge in [0.2, 0.25) is 0 Å². The summed E-state index contributed by atoms with van der Waals surface area (Å²) in [6, 6.07) is 9.31. The summed E-state index contributed by atoms with van der Waals surface area (Å²) in [5.41, 5.74) is 7.29. The van der Waals surface area contributed by atoms with Gasteiger partial charge >= 0.3 is 0 Å². The van der Waals surface area contributed by atoms with Crippen LogP contribution < -0.4 is 5.73 Å². The molecule has 0 spiro atoms. The van der Waals surface area contributed by atoms with E-state index in [1.165, 1.54) is 0 Å². The summed E-state index contributed by atoms with van der Waals surface area (Å²) < 4.78 is 0. The lowest BCUT2D eigenvalue weighted by Gasteiger charge is -2.06. The van der Waals surface area contributed by atoms with Crippen LogP contribution in [0.15, 0.2) is 34.5 Å². The summed E-state index contributed by atoms with van der Waals surface area (Å²) >= 11 is 0. The zero-order valence-electron chi connectivity index (χ0n) is 7.38. The molecule has 1 heterocycles. The minimum absolute atomic E-state index is 0.0391. The molecule has 1 atom stereocenters. The Hall–Kier alpha value is -2.15. The van der Waals surface area contributed by atoms with Gasteiger partial charge in [-0.2, -0.15) is 10.4 Å². The van der Waals surface area contributed by atoms with Crippen molar-refractivity contribution >= 4 is 12.1 Å². The Morgan fingerprint density at radius 3 is 2.50 bits per heavy atom. The number of nitrogens with zero attached hydrogens (tertiary/aromatic N) is 3. The van der Waals surface area contributed by atoms with Crippen molar-refractivity contribution in [1.29, 1.82) is 5.26 Å². The lowest BCUT2D eigenvalue weighted by Crippen LogP contribution is -2.19. The quantitative estimate of drug-likeness (QED) is 0.706. The fourth-order valence-electron chi connectivity index (χ4n) is 1.33. The van der Waals surface area contributed by atoms with E-state index in [9.17, 15) is 0 Å². The normalized spacial score (nSPS) is 19.1. The van der Waals surface area contributed by atoms with Crippen LogP contribution in [0.5, 0.6) is 0 Å². The zero-order valence-corrected chi connectivity index (χ0v) is 7.38. The van der Waals surface area contributed by atoms with E-state index in [2.05, 4.69) is 16.3 Å². The van der Waals surface area contributed by atoms with E-state index in [0.29, 0.717) is 11.4 Å². The molecule has 2 rings (SSSR count). The maximum atomic E-state index is 8.62. The average Bonchev–Trinajstić information content (AvgIpc) is 2.65. The summed E-state index contributed by atoms with van der Waals surface area (Å²) in [5, 5.41) is 16.1. The largest absolute Gasteiger partial charge is 0.385 e. The third-order valence-corrected chi connectivity index (χ3v) is 2.11. The summed E-state index contributed by atoms with van der Waals surface area (Å²) in [6.45, 7) is 0. The first-order valence-electron chi connectivity index (χ1n) is 4.18. The molecule has 1 aliphatic heterocycles. The van der Waals surface area contributed by atoms with Gasteiger partial charge in [-0.15, -0.1) is 5.10 Å². The minimum Gasteiger partial charge on any atom is -0.385 e. The second-order valence-electron chi connectivity index (χ2n) is 3.00. The molecule has 0 aromatic heterocycles. The zero-order chi connectivity index (χ0) is 9.97. The lowest BCUT2D eigenvalue weighted by atomic mass is 9.99. The van der Waals surface area contributed by atoms with E-state index in [-0.39, 0.29) is 5.92 Å². The van der Waals surface area contributed by atoms with Crippen molar-refractivity contribution in [2.75, 3.05) is 0 Å². The third-order valence-electron chi connectivity index (χ3n) is 2.11. The van der Waals surface area contributed by atoms with Gasteiger partial charge in [0.1, 0.15) is 5.84 Å². The van der Waals surface area contributed by atoms with Gasteiger partial charge in [-0.1, -0.05) is 12.1 Å². The van der Waals surface area contributed by atoms with Crippen LogP contribution in [0.1, 0.15) is 17.0 Å². The van der Waals surface area contributed by atoms with Gasteiger partial charge in [0, 0.05) is 6.21 Å². The number of hydrogen-bond donors (Lipinski definition) is 1. The van der Waals surface area contributed by atoms with Crippen molar-refractivity contribution in [1.82, 2.24) is 0 Å². The molecule has 0 bridgehead atoms. The molecule has 4 heteroatoms. The number of nitrogens with two attached hydrogens (primary N) is 1. The molecule has 0 aliphatic carbocycles. The van der Waals surface area contributed by atoms with Crippen LogP contribution in [0.4, 0.5) is 0 Å². The van der Waals surface area contributed by atoms with E-state index < -0.39 is 0 Å². The van der Waals surface area contributed by atoms with E-state index >= 15 is 0 Å². The van der Waals surface area contributed by atoms with Gasteiger partial charge in [0.05, 0.1) is 17.6 Å². The van der Waals surface area contributed by atoms with Crippen LogP contribution in [-0.2, 0) is 0 Å². The fraction of sp³-hybridized carbons (Fsp3) is 0.100. The number of hydrogen-bond acceptors (Lipinski definition) is 4. The molecule has 0 saturated carbocycles. The van der Waals surface area contributed by atoms with Gasteiger partial charge in [-0.3, -0.25) is 0 Å². The van der Waals surface area contributed by atoms with Gasteiger partial charge in [0.15, 0.2) is 0 Å². The van der Waals surface area contributed by atoms with Gasteiger partial charge in [-0.05, 0) is 17.7 Å². The van der Waals surface area contributed by atoms with Crippen LogP contribution in [0.3, 0.4) is 0 Å². The van der Waals surface area contributed by atoms with Gasteiger partial charge in [0.25, 0.3) is 0 Å². The Morgan fingerprint density at radius 2 is 2.00 bits per heavy atom. The Labute approximate surface area is 81.4 Å². The molecule has 1 aromatic rings. The highest BCUT2D eigenvalue weighted by Crippen LogP contribution is 2.17. The second-order valence-corrected chi connectivity index (χ2v) is 3.00. The van der Waals surface area contributed by atoms with Gasteiger partial charge in [-0.25, -0.2) is 0 Å². The molecule has 68 valence electrons. The van der Waals surface area contributed by atoms with Crippen molar-refractivity contribution in [3.05, 3.63) is 35.4 Å². The van der Waals surface area contributed by atoms with E-state index in [0.717, 1.165) is 5.56 Å². The molecule has 1 aromatic carbocycles. The SMILES string of the molecule is N#Cc1ccc([C@H]2C=NN=C2N)cc1. The fourth-order valence-corrected chi connectivity index (χ4v) is 1.33. The summed E-state index contributed by atoms with van der Waals surface area (Å²) in [7, 11) is 0. The first kappa shape index (κ1) is 8.45. The molecule has 2 N–H and O–H groups in total. The van der Waals surface area contributed by atoms with E-state index in [1.807, 2.05) is 12.1 Å².